The van der Waals surface area contributed by atoms with E-state index < -0.39 is 0 Å². The van der Waals surface area contributed by atoms with E-state index in [1.54, 1.807) is 0 Å². The summed E-state index contributed by atoms with van der Waals surface area (Å²) in [4.78, 5) is 14.0. The summed E-state index contributed by atoms with van der Waals surface area (Å²) in [7, 11) is 0. The van der Waals surface area contributed by atoms with Gasteiger partial charge in [0.15, 0.2) is 5.82 Å². The molecule has 0 amide bonds. The molecule has 1 saturated heterocycles. The first-order chi connectivity index (χ1) is 19.1. The van der Waals surface area contributed by atoms with Gasteiger partial charge in [0, 0.05) is 48.7 Å². The smallest absolute Gasteiger partial charge is 0.248 e. The number of rotatable bonds is 5. The summed E-state index contributed by atoms with van der Waals surface area (Å²) in [6.45, 7) is 3.66. The van der Waals surface area contributed by atoms with E-state index in [0.717, 1.165) is 47.9 Å². The highest BCUT2D eigenvalue weighted by atomic mass is 19.1. The quantitative estimate of drug-likeness (QED) is 0.295. The topological polar surface area (TPSA) is 88.1 Å². The molecule has 8 nitrogen and oxygen atoms in total. The van der Waals surface area contributed by atoms with Crippen molar-refractivity contribution in [2.24, 2.45) is 0 Å². The third-order valence-corrected chi connectivity index (χ3v) is 8.12. The SMILES string of the molecule is Nc1nc(Nc2ccc(N3CCN(C4CCCC4)CC3)c(F)c2)nn1-c1nc2ccccc2c2ccccc12. The summed E-state index contributed by atoms with van der Waals surface area (Å²) in [6, 6.07) is 21.9. The molecule has 1 aliphatic heterocycles. The van der Waals surface area contributed by atoms with Crippen LogP contribution in [0.25, 0.3) is 27.5 Å². The number of nitrogens with one attached hydrogen (secondary N) is 1. The molecule has 0 atom stereocenters. The van der Waals surface area contributed by atoms with Crippen LogP contribution in [0.5, 0.6) is 0 Å². The number of para-hydroxylation sites is 1. The Morgan fingerprint density at radius 1 is 0.821 bits per heavy atom. The van der Waals surface area contributed by atoms with Crippen molar-refractivity contribution >= 4 is 44.9 Å². The lowest BCUT2D eigenvalue weighted by atomic mass is 10.1. The van der Waals surface area contributed by atoms with Crippen LogP contribution in [0.2, 0.25) is 0 Å². The van der Waals surface area contributed by atoms with Crippen molar-refractivity contribution in [3.05, 3.63) is 72.5 Å². The van der Waals surface area contributed by atoms with Gasteiger partial charge < -0.3 is 16.0 Å². The van der Waals surface area contributed by atoms with Gasteiger partial charge in [-0.1, -0.05) is 55.3 Å². The van der Waals surface area contributed by atoms with Crippen molar-refractivity contribution < 1.29 is 4.39 Å². The number of piperazine rings is 1. The highest BCUT2D eigenvalue weighted by Crippen LogP contribution is 2.31. The predicted octanol–water partition coefficient (Wildman–Crippen LogP) is 5.50. The lowest BCUT2D eigenvalue weighted by Gasteiger charge is -2.39. The van der Waals surface area contributed by atoms with E-state index in [-0.39, 0.29) is 17.7 Å². The molecule has 0 unspecified atom stereocenters. The van der Waals surface area contributed by atoms with E-state index in [4.69, 9.17) is 10.7 Å². The Balaban J connectivity index is 1.12. The van der Waals surface area contributed by atoms with Gasteiger partial charge in [-0.05, 0) is 42.5 Å². The van der Waals surface area contributed by atoms with E-state index in [2.05, 4.69) is 37.3 Å². The number of hydrogen-bond donors (Lipinski definition) is 2. The van der Waals surface area contributed by atoms with Crippen LogP contribution in [0.1, 0.15) is 25.7 Å². The molecule has 3 aromatic carbocycles. The number of hydrogen-bond acceptors (Lipinski definition) is 7. The molecular weight excluding hydrogens is 491 g/mol. The molecule has 3 heterocycles. The fourth-order valence-corrected chi connectivity index (χ4v) is 6.15. The van der Waals surface area contributed by atoms with Crippen molar-refractivity contribution in [1.82, 2.24) is 24.6 Å². The van der Waals surface area contributed by atoms with Crippen LogP contribution in [-0.4, -0.2) is 56.9 Å². The van der Waals surface area contributed by atoms with Crippen LogP contribution in [0.4, 0.5) is 27.7 Å². The number of benzene rings is 3. The maximum atomic E-state index is 15.2. The van der Waals surface area contributed by atoms with E-state index >= 15 is 4.39 Å². The van der Waals surface area contributed by atoms with Gasteiger partial charge in [-0.15, -0.1) is 5.10 Å². The fourth-order valence-electron chi connectivity index (χ4n) is 6.15. The average Bonchev–Trinajstić information content (AvgIpc) is 3.63. The number of nitrogen functional groups attached to an aromatic ring is 1. The molecule has 2 fully saturated rings. The van der Waals surface area contributed by atoms with Gasteiger partial charge in [0.2, 0.25) is 11.9 Å². The zero-order valence-electron chi connectivity index (χ0n) is 21.7. The molecular formula is C30H31FN8. The van der Waals surface area contributed by atoms with Crippen molar-refractivity contribution in [2.45, 2.75) is 31.7 Å². The molecule has 2 aliphatic rings. The lowest BCUT2D eigenvalue weighted by molar-refractivity contribution is 0.187. The monoisotopic (exact) mass is 522 g/mol. The standard InChI is InChI=1S/C30H31FN8/c31-25-19-20(13-14-27(25)38-17-15-37(16-18-38)21-7-1-2-8-21)33-30-35-29(32)39(36-30)28-24-11-4-3-9-22(24)23-10-5-6-12-26(23)34-28/h3-6,9-14,19,21H,1-2,7-8,15-18H2,(H3,32,33,35,36). The molecule has 198 valence electrons. The van der Waals surface area contributed by atoms with Crippen LogP contribution >= 0.6 is 0 Å². The maximum Gasteiger partial charge on any atom is 0.248 e. The van der Waals surface area contributed by atoms with E-state index in [0.29, 0.717) is 23.2 Å². The maximum absolute atomic E-state index is 15.2. The van der Waals surface area contributed by atoms with E-state index in [1.807, 2.05) is 48.5 Å². The molecule has 3 N–H and O–H groups in total. The lowest BCUT2D eigenvalue weighted by Crippen LogP contribution is -2.49. The summed E-state index contributed by atoms with van der Waals surface area (Å²) >= 11 is 0. The molecule has 1 saturated carbocycles. The van der Waals surface area contributed by atoms with Gasteiger partial charge in [-0.3, -0.25) is 4.90 Å². The van der Waals surface area contributed by atoms with E-state index in [1.165, 1.54) is 36.4 Å². The van der Waals surface area contributed by atoms with Crippen LogP contribution in [0.3, 0.4) is 0 Å². The van der Waals surface area contributed by atoms with Gasteiger partial charge in [-0.25, -0.2) is 9.37 Å². The first kappa shape index (κ1) is 23.8. The Morgan fingerprint density at radius 3 is 2.31 bits per heavy atom. The Morgan fingerprint density at radius 2 is 1.54 bits per heavy atom. The Hall–Kier alpha value is -4.24. The zero-order chi connectivity index (χ0) is 26.3. The Labute approximate surface area is 226 Å². The summed E-state index contributed by atoms with van der Waals surface area (Å²) in [6.07, 6.45) is 5.27. The number of fused-ring (bicyclic) bond motifs is 3. The first-order valence-corrected chi connectivity index (χ1v) is 13.7. The third kappa shape index (κ3) is 4.42. The Kier molecular flexibility index (Phi) is 6.00. The molecule has 39 heavy (non-hydrogen) atoms. The van der Waals surface area contributed by atoms with E-state index in [9.17, 15) is 0 Å². The highest BCUT2D eigenvalue weighted by molar-refractivity contribution is 6.08. The number of nitrogens with two attached hydrogens (primary N) is 1. The second-order valence-electron chi connectivity index (χ2n) is 10.5. The largest absolute Gasteiger partial charge is 0.368 e. The van der Waals surface area contributed by atoms with Gasteiger partial charge >= 0.3 is 0 Å². The molecule has 0 radical (unpaired) electrons. The Bertz CT molecular complexity index is 1650. The highest BCUT2D eigenvalue weighted by Gasteiger charge is 2.27. The normalized spacial score (nSPS) is 16.9. The summed E-state index contributed by atoms with van der Waals surface area (Å²) < 4.78 is 16.8. The fraction of sp³-hybridized carbons (Fsp3) is 0.300. The summed E-state index contributed by atoms with van der Waals surface area (Å²) in [5.74, 6) is 0.816. The van der Waals surface area contributed by atoms with Crippen LogP contribution < -0.4 is 16.0 Å². The van der Waals surface area contributed by atoms with Gasteiger partial charge in [-0.2, -0.15) is 9.67 Å². The molecule has 0 spiro atoms. The van der Waals surface area contributed by atoms with Gasteiger partial charge in [0.05, 0.1) is 11.2 Å². The minimum atomic E-state index is -0.260. The van der Waals surface area contributed by atoms with Gasteiger partial charge in [0.25, 0.3) is 0 Å². The average molecular weight is 523 g/mol. The number of aromatic nitrogens is 4. The van der Waals surface area contributed by atoms with Crippen molar-refractivity contribution in [1.29, 1.82) is 0 Å². The van der Waals surface area contributed by atoms with Crippen molar-refractivity contribution in [2.75, 3.05) is 42.1 Å². The number of pyridine rings is 1. The molecule has 5 aromatic rings. The number of anilines is 4. The van der Waals surface area contributed by atoms with Crippen LogP contribution in [0, 0.1) is 5.82 Å². The minimum Gasteiger partial charge on any atom is -0.368 e. The number of nitrogens with zero attached hydrogens (tertiary/aromatic N) is 6. The van der Waals surface area contributed by atoms with Crippen LogP contribution in [-0.2, 0) is 0 Å². The second kappa shape index (κ2) is 9.81. The third-order valence-electron chi connectivity index (χ3n) is 8.12. The van der Waals surface area contributed by atoms with Crippen LogP contribution in [0.15, 0.2) is 66.7 Å². The van der Waals surface area contributed by atoms with Crippen molar-refractivity contribution in [3.63, 3.8) is 0 Å². The predicted molar refractivity (Wildman–Crippen MR) is 154 cm³/mol. The van der Waals surface area contributed by atoms with Crippen molar-refractivity contribution in [3.8, 4) is 5.82 Å². The summed E-state index contributed by atoms with van der Waals surface area (Å²) in [5, 5.41) is 10.7. The molecule has 0 bridgehead atoms. The summed E-state index contributed by atoms with van der Waals surface area (Å²) in [5.41, 5.74) is 8.34. The van der Waals surface area contributed by atoms with Gasteiger partial charge in [0.1, 0.15) is 5.82 Å². The molecule has 7 rings (SSSR count). The number of halogens is 1. The molecule has 2 aromatic heterocycles. The first-order valence-electron chi connectivity index (χ1n) is 13.7. The second-order valence-corrected chi connectivity index (χ2v) is 10.5. The zero-order valence-corrected chi connectivity index (χ0v) is 21.7. The molecule has 1 aliphatic carbocycles. The molecule has 9 heteroatoms. The minimum absolute atomic E-state index is 0.197.